The number of amides is 2. The standard InChI is InChI=1S/C22H21N7O5S2/c1-2-34-26-15(13-11-36-22(23)24-13)18(30)25-16-19(31)29-17(21(32)33)12(10-35-20(16)29)9-28-8-7-27-6-4-3-5-14(27)28/h3-8,11,16,20H,2,9-10H2,1H3,(H3-,23,24,25,30,32,33)/p+1/b26-15+/t16-,20-/m1/s1. The Morgan fingerprint density at radius 2 is 2.22 bits per heavy atom. The van der Waals surface area contributed by atoms with E-state index in [1.807, 2.05) is 45.8 Å². The zero-order valence-corrected chi connectivity index (χ0v) is 20.7. The number of fused-ring (bicyclic) bond motifs is 2. The summed E-state index contributed by atoms with van der Waals surface area (Å²) in [5.74, 6) is -1.96. The van der Waals surface area contributed by atoms with Gasteiger partial charge in [0, 0.05) is 22.8 Å². The van der Waals surface area contributed by atoms with Gasteiger partial charge in [-0.2, -0.15) is 0 Å². The van der Waals surface area contributed by atoms with Gasteiger partial charge < -0.3 is 21.0 Å². The van der Waals surface area contributed by atoms with Crippen LogP contribution in [-0.2, 0) is 25.8 Å². The Morgan fingerprint density at radius 1 is 1.39 bits per heavy atom. The lowest BCUT2D eigenvalue weighted by Gasteiger charge is -2.49. The van der Waals surface area contributed by atoms with Gasteiger partial charge in [0.05, 0.1) is 6.20 Å². The van der Waals surface area contributed by atoms with E-state index in [1.165, 1.54) is 16.7 Å². The first-order chi connectivity index (χ1) is 17.4. The lowest BCUT2D eigenvalue weighted by atomic mass is 10.0. The van der Waals surface area contributed by atoms with E-state index in [1.54, 1.807) is 12.3 Å². The van der Waals surface area contributed by atoms with E-state index in [0.717, 1.165) is 17.0 Å². The molecule has 5 heterocycles. The number of aromatic nitrogens is 3. The molecule has 12 nitrogen and oxygen atoms in total. The summed E-state index contributed by atoms with van der Waals surface area (Å²) in [6, 6.07) is 4.82. The third-order valence-corrected chi connectivity index (χ3v) is 7.74. The molecule has 5 rings (SSSR count). The number of carboxylic acids is 1. The number of hydrogen-bond acceptors (Lipinski definition) is 9. The van der Waals surface area contributed by atoms with E-state index < -0.39 is 29.2 Å². The Balaban J connectivity index is 1.37. The second kappa shape index (κ2) is 9.62. The number of carbonyl (C=O) groups excluding carboxylic acids is 2. The van der Waals surface area contributed by atoms with Gasteiger partial charge in [0.15, 0.2) is 10.8 Å². The van der Waals surface area contributed by atoms with Gasteiger partial charge in [-0.05, 0) is 13.0 Å². The van der Waals surface area contributed by atoms with Gasteiger partial charge in [0.25, 0.3) is 17.5 Å². The van der Waals surface area contributed by atoms with Gasteiger partial charge in [-0.15, -0.1) is 23.1 Å². The molecule has 2 aliphatic rings. The van der Waals surface area contributed by atoms with Crippen molar-refractivity contribution in [2.75, 3.05) is 18.1 Å². The average Bonchev–Trinajstić information content (AvgIpc) is 3.48. The molecule has 4 N–H and O–H groups in total. The van der Waals surface area contributed by atoms with Crippen molar-refractivity contribution < 1.29 is 28.9 Å². The predicted octanol–water partition coefficient (Wildman–Crippen LogP) is 0.445. The number of pyridine rings is 1. The van der Waals surface area contributed by atoms with E-state index in [9.17, 15) is 19.5 Å². The van der Waals surface area contributed by atoms with E-state index in [0.29, 0.717) is 17.9 Å². The largest absolute Gasteiger partial charge is 0.477 e. The minimum absolute atomic E-state index is 0.0486. The SMILES string of the molecule is CCO/N=C(/C(=O)N[C@@H]1C(=O)N2C(C(=O)O)=C(C[n+]3ccn4ccccc43)CS[C@H]12)c1csc(N)n1. The summed E-state index contributed by atoms with van der Waals surface area (Å²) in [5, 5.41) is 17.8. The third kappa shape index (κ3) is 4.18. The van der Waals surface area contributed by atoms with Crippen LogP contribution in [0.2, 0.25) is 0 Å². The molecular weight excluding hydrogens is 506 g/mol. The van der Waals surface area contributed by atoms with Crippen LogP contribution in [0.25, 0.3) is 5.65 Å². The van der Waals surface area contributed by atoms with Crippen molar-refractivity contribution in [3.05, 3.63) is 59.1 Å². The molecule has 0 aromatic carbocycles. The van der Waals surface area contributed by atoms with Crippen LogP contribution in [0.15, 0.2) is 58.6 Å². The number of imidazole rings is 1. The number of anilines is 1. The minimum Gasteiger partial charge on any atom is -0.477 e. The fraction of sp³-hybridized carbons (Fsp3) is 0.273. The number of thiazole rings is 1. The third-order valence-electron chi connectivity index (χ3n) is 5.73. The monoisotopic (exact) mass is 528 g/mol. The van der Waals surface area contributed by atoms with Crippen LogP contribution in [0.1, 0.15) is 12.6 Å². The molecule has 186 valence electrons. The average molecular weight is 529 g/mol. The highest BCUT2D eigenvalue weighted by molar-refractivity contribution is 8.00. The van der Waals surface area contributed by atoms with Gasteiger partial charge in [-0.1, -0.05) is 11.2 Å². The fourth-order valence-electron chi connectivity index (χ4n) is 4.13. The number of oxime groups is 1. The summed E-state index contributed by atoms with van der Waals surface area (Å²) >= 11 is 2.54. The first kappa shape index (κ1) is 23.8. The van der Waals surface area contributed by atoms with Crippen LogP contribution >= 0.6 is 23.1 Å². The minimum atomic E-state index is -1.19. The van der Waals surface area contributed by atoms with Crippen molar-refractivity contribution in [2.45, 2.75) is 24.9 Å². The highest BCUT2D eigenvalue weighted by Gasteiger charge is 2.54. The summed E-state index contributed by atoms with van der Waals surface area (Å²) in [6.45, 7) is 2.27. The molecule has 3 aromatic heterocycles. The lowest BCUT2D eigenvalue weighted by Crippen LogP contribution is -2.71. The summed E-state index contributed by atoms with van der Waals surface area (Å²) in [6.07, 6.45) is 5.65. The summed E-state index contributed by atoms with van der Waals surface area (Å²) in [7, 11) is 0. The molecule has 0 spiro atoms. The molecule has 3 aromatic rings. The zero-order valence-electron chi connectivity index (χ0n) is 19.0. The van der Waals surface area contributed by atoms with E-state index in [4.69, 9.17) is 10.6 Å². The molecule has 0 bridgehead atoms. The van der Waals surface area contributed by atoms with E-state index >= 15 is 0 Å². The van der Waals surface area contributed by atoms with Crippen LogP contribution in [-0.4, -0.2) is 66.7 Å². The van der Waals surface area contributed by atoms with Gasteiger partial charge in [-0.25, -0.2) is 18.7 Å². The lowest BCUT2D eigenvalue weighted by molar-refractivity contribution is -0.662. The maximum absolute atomic E-state index is 13.1. The molecule has 14 heteroatoms. The topological polar surface area (TPSA) is 156 Å². The van der Waals surface area contributed by atoms with Crippen molar-refractivity contribution in [3.8, 4) is 0 Å². The highest BCUT2D eigenvalue weighted by atomic mass is 32.2. The Morgan fingerprint density at radius 3 is 2.94 bits per heavy atom. The number of nitrogens with two attached hydrogens (primary N) is 1. The van der Waals surface area contributed by atoms with Crippen molar-refractivity contribution in [1.82, 2.24) is 19.6 Å². The fourth-order valence-corrected chi connectivity index (χ4v) is 6.01. The maximum atomic E-state index is 13.1. The van der Waals surface area contributed by atoms with Gasteiger partial charge in [0.1, 0.15) is 48.4 Å². The predicted molar refractivity (Wildman–Crippen MR) is 132 cm³/mol. The van der Waals surface area contributed by atoms with Crippen LogP contribution in [0.3, 0.4) is 0 Å². The molecule has 0 unspecified atom stereocenters. The van der Waals surface area contributed by atoms with Crippen LogP contribution in [0.5, 0.6) is 0 Å². The molecule has 2 aliphatic heterocycles. The number of nitrogens with one attached hydrogen (secondary N) is 1. The Labute approximate surface area is 213 Å². The molecule has 1 fully saturated rings. The zero-order chi connectivity index (χ0) is 25.4. The van der Waals surface area contributed by atoms with Crippen molar-refractivity contribution in [3.63, 3.8) is 0 Å². The van der Waals surface area contributed by atoms with Gasteiger partial charge >= 0.3 is 5.97 Å². The number of nitrogen functional groups attached to an aromatic ring is 1. The van der Waals surface area contributed by atoms with Crippen molar-refractivity contribution in [2.24, 2.45) is 5.16 Å². The number of β-lactam (4-membered cyclic amide) rings is 1. The molecular formula is C22H22N7O5S2+. The van der Waals surface area contributed by atoms with E-state index in [-0.39, 0.29) is 28.8 Å². The molecule has 0 radical (unpaired) electrons. The number of hydrogen-bond donors (Lipinski definition) is 3. The summed E-state index contributed by atoms with van der Waals surface area (Å²) in [5.41, 5.74) is 7.26. The number of aliphatic carboxylic acids is 1. The van der Waals surface area contributed by atoms with Crippen molar-refractivity contribution in [1.29, 1.82) is 0 Å². The smallest absolute Gasteiger partial charge is 0.352 e. The highest BCUT2D eigenvalue weighted by Crippen LogP contribution is 2.40. The van der Waals surface area contributed by atoms with Crippen LogP contribution in [0, 0.1) is 0 Å². The maximum Gasteiger partial charge on any atom is 0.352 e. The molecule has 36 heavy (non-hydrogen) atoms. The quantitative estimate of drug-likeness (QED) is 0.165. The first-order valence-corrected chi connectivity index (χ1v) is 12.9. The number of thioether (sulfide) groups is 1. The van der Waals surface area contributed by atoms with E-state index in [2.05, 4.69) is 15.5 Å². The first-order valence-electron chi connectivity index (χ1n) is 11.0. The number of nitrogens with zero attached hydrogens (tertiary/aromatic N) is 5. The molecule has 2 amide bonds. The molecule has 1 saturated heterocycles. The Kier molecular flexibility index (Phi) is 6.36. The Bertz CT molecular complexity index is 1430. The summed E-state index contributed by atoms with van der Waals surface area (Å²) in [4.78, 5) is 48.6. The number of rotatable bonds is 8. The molecule has 2 atom stereocenters. The van der Waals surface area contributed by atoms with Crippen molar-refractivity contribution >= 4 is 57.4 Å². The number of carboxylic acid groups (broad SMARTS) is 1. The second-order valence-electron chi connectivity index (χ2n) is 7.94. The van der Waals surface area contributed by atoms with Gasteiger partial charge in [0.2, 0.25) is 0 Å². The van der Waals surface area contributed by atoms with Gasteiger partial charge in [-0.3, -0.25) is 14.5 Å². The second-order valence-corrected chi connectivity index (χ2v) is 9.93. The summed E-state index contributed by atoms with van der Waals surface area (Å²) < 4.78 is 3.86. The Hall–Kier alpha value is -3.91. The molecule has 0 saturated carbocycles. The van der Waals surface area contributed by atoms with Crippen LogP contribution in [0.4, 0.5) is 5.13 Å². The number of carbonyl (C=O) groups is 3. The molecule has 0 aliphatic carbocycles. The van der Waals surface area contributed by atoms with Crippen LogP contribution < -0.4 is 15.6 Å². The normalized spacial score (nSPS) is 19.8.